The Morgan fingerprint density at radius 2 is 1.92 bits per heavy atom. The van der Waals surface area contributed by atoms with E-state index in [1.165, 1.54) is 11.4 Å². The molecule has 0 aliphatic heterocycles. The highest BCUT2D eigenvalue weighted by atomic mass is 32.2. The molecule has 0 aromatic heterocycles. The fourth-order valence-electron chi connectivity index (χ4n) is 2.46. The summed E-state index contributed by atoms with van der Waals surface area (Å²) in [6, 6.07) is 12.5. The van der Waals surface area contributed by atoms with Crippen molar-refractivity contribution >= 4 is 21.6 Å². The number of hydrogen-bond donors (Lipinski definition) is 1. The smallest absolute Gasteiger partial charge is 0.251 e. The molecule has 0 heterocycles. The van der Waals surface area contributed by atoms with Crippen molar-refractivity contribution in [3.8, 4) is 5.75 Å². The van der Waals surface area contributed by atoms with E-state index < -0.39 is 10.0 Å². The summed E-state index contributed by atoms with van der Waals surface area (Å²) in [5, 5.41) is 2.85. The normalized spacial score (nSPS) is 11.1. The first-order chi connectivity index (χ1) is 12.2. The summed E-state index contributed by atoms with van der Waals surface area (Å²) in [6.07, 6.45) is 1.13. The molecule has 0 saturated heterocycles. The molecule has 0 radical (unpaired) electrons. The summed E-state index contributed by atoms with van der Waals surface area (Å²) >= 11 is 0. The lowest BCUT2D eigenvalue weighted by atomic mass is 10.1. The van der Waals surface area contributed by atoms with Crippen molar-refractivity contribution in [3.63, 3.8) is 0 Å². The predicted octanol–water partition coefficient (Wildman–Crippen LogP) is 2.72. The number of sulfonamides is 1. The molecule has 7 heteroatoms. The molecule has 0 fully saturated rings. The van der Waals surface area contributed by atoms with Gasteiger partial charge >= 0.3 is 0 Å². The van der Waals surface area contributed by atoms with Crippen molar-refractivity contribution in [2.45, 2.75) is 20.4 Å². The minimum Gasteiger partial charge on any atom is -0.494 e. The number of amides is 1. The molecular formula is C19H24N2O4S. The van der Waals surface area contributed by atoms with Gasteiger partial charge in [0.05, 0.1) is 18.6 Å². The molecular weight excluding hydrogens is 352 g/mol. The van der Waals surface area contributed by atoms with E-state index in [0.29, 0.717) is 24.4 Å². The Balaban J connectivity index is 2.14. The fourth-order valence-corrected chi connectivity index (χ4v) is 3.02. The van der Waals surface area contributed by atoms with Crippen LogP contribution in [0.3, 0.4) is 0 Å². The van der Waals surface area contributed by atoms with Crippen molar-refractivity contribution in [1.82, 2.24) is 5.32 Å². The average molecular weight is 376 g/mol. The van der Waals surface area contributed by atoms with Gasteiger partial charge in [-0.2, -0.15) is 0 Å². The van der Waals surface area contributed by atoms with Crippen molar-refractivity contribution in [1.29, 1.82) is 0 Å². The van der Waals surface area contributed by atoms with E-state index in [1.54, 1.807) is 25.1 Å². The van der Waals surface area contributed by atoms with Crippen molar-refractivity contribution < 1.29 is 17.9 Å². The number of rotatable bonds is 7. The first-order valence-corrected chi connectivity index (χ1v) is 10.1. The number of hydrogen-bond acceptors (Lipinski definition) is 4. The lowest BCUT2D eigenvalue weighted by molar-refractivity contribution is 0.0951. The summed E-state index contributed by atoms with van der Waals surface area (Å²) < 4.78 is 30.2. The zero-order valence-electron chi connectivity index (χ0n) is 15.4. The van der Waals surface area contributed by atoms with Crippen LogP contribution in [0.1, 0.15) is 28.4 Å². The largest absolute Gasteiger partial charge is 0.494 e. The molecule has 0 aliphatic rings. The molecule has 6 nitrogen and oxygen atoms in total. The van der Waals surface area contributed by atoms with Gasteiger partial charge in [0, 0.05) is 19.2 Å². The number of ether oxygens (including phenoxy) is 1. The monoisotopic (exact) mass is 376 g/mol. The second kappa shape index (κ2) is 8.23. The topological polar surface area (TPSA) is 75.7 Å². The van der Waals surface area contributed by atoms with E-state index in [9.17, 15) is 13.2 Å². The van der Waals surface area contributed by atoms with Crippen molar-refractivity contribution in [2.75, 3.05) is 24.2 Å². The highest BCUT2D eigenvalue weighted by Gasteiger charge is 2.16. The van der Waals surface area contributed by atoms with Crippen LogP contribution in [-0.2, 0) is 16.6 Å². The molecule has 2 aromatic rings. The maximum atomic E-state index is 12.5. The van der Waals surface area contributed by atoms with E-state index in [2.05, 4.69) is 5.32 Å². The van der Waals surface area contributed by atoms with Crippen LogP contribution in [-0.4, -0.2) is 34.2 Å². The van der Waals surface area contributed by atoms with Gasteiger partial charge in [0.2, 0.25) is 10.0 Å². The van der Waals surface area contributed by atoms with Crippen molar-refractivity contribution in [3.05, 3.63) is 59.2 Å². The SMILES string of the molecule is CCOc1cccc(CNC(=O)c2ccc(C)c(N(C)S(C)(=O)=O)c2)c1. The van der Waals surface area contributed by atoms with E-state index in [4.69, 9.17) is 4.74 Å². The second-order valence-corrected chi connectivity index (χ2v) is 8.01. The van der Waals surface area contributed by atoms with E-state index in [-0.39, 0.29) is 5.91 Å². The molecule has 2 rings (SSSR count). The van der Waals surface area contributed by atoms with Gasteiger partial charge in [0.1, 0.15) is 5.75 Å². The number of aryl methyl sites for hydroxylation is 1. The third-order valence-electron chi connectivity index (χ3n) is 3.97. The summed E-state index contributed by atoms with van der Waals surface area (Å²) in [4.78, 5) is 12.5. The number of anilines is 1. The highest BCUT2D eigenvalue weighted by Crippen LogP contribution is 2.22. The zero-order chi connectivity index (χ0) is 19.3. The van der Waals surface area contributed by atoms with E-state index in [0.717, 1.165) is 23.1 Å². The molecule has 2 aromatic carbocycles. The predicted molar refractivity (Wildman–Crippen MR) is 103 cm³/mol. The maximum absolute atomic E-state index is 12.5. The minimum absolute atomic E-state index is 0.269. The maximum Gasteiger partial charge on any atom is 0.251 e. The molecule has 0 aliphatic carbocycles. The molecule has 26 heavy (non-hydrogen) atoms. The lowest BCUT2D eigenvalue weighted by Gasteiger charge is -2.19. The van der Waals surface area contributed by atoms with Gasteiger partial charge < -0.3 is 10.1 Å². The van der Waals surface area contributed by atoms with Crippen LogP contribution in [0.4, 0.5) is 5.69 Å². The lowest BCUT2D eigenvalue weighted by Crippen LogP contribution is -2.27. The van der Waals surface area contributed by atoms with Crippen LogP contribution < -0.4 is 14.4 Å². The van der Waals surface area contributed by atoms with E-state index in [1.807, 2.05) is 31.2 Å². The Kier molecular flexibility index (Phi) is 6.26. The van der Waals surface area contributed by atoms with Gasteiger partial charge in [-0.15, -0.1) is 0 Å². The minimum atomic E-state index is -3.40. The summed E-state index contributed by atoms with van der Waals surface area (Å²) in [5.41, 5.74) is 2.59. The molecule has 0 saturated carbocycles. The Morgan fingerprint density at radius 3 is 2.58 bits per heavy atom. The number of nitrogens with one attached hydrogen (secondary N) is 1. The average Bonchev–Trinajstić information content (AvgIpc) is 2.59. The third kappa shape index (κ3) is 4.98. The molecule has 1 N–H and O–H groups in total. The van der Waals surface area contributed by atoms with Crippen LogP contribution in [0.25, 0.3) is 0 Å². The molecule has 140 valence electrons. The quantitative estimate of drug-likeness (QED) is 0.806. The van der Waals surface area contributed by atoms with Crippen LogP contribution in [0.5, 0.6) is 5.75 Å². The molecule has 0 spiro atoms. The fraction of sp³-hybridized carbons (Fsp3) is 0.316. The Hall–Kier alpha value is -2.54. The van der Waals surface area contributed by atoms with Crippen LogP contribution >= 0.6 is 0 Å². The third-order valence-corrected chi connectivity index (χ3v) is 5.16. The Morgan fingerprint density at radius 1 is 1.19 bits per heavy atom. The number of benzene rings is 2. The summed E-state index contributed by atoms with van der Waals surface area (Å²) in [6.45, 7) is 4.65. The van der Waals surface area contributed by atoms with Gasteiger partial charge in [0.15, 0.2) is 0 Å². The van der Waals surface area contributed by atoms with Crippen LogP contribution in [0.2, 0.25) is 0 Å². The number of nitrogens with zero attached hydrogens (tertiary/aromatic N) is 1. The highest BCUT2D eigenvalue weighted by molar-refractivity contribution is 7.92. The van der Waals surface area contributed by atoms with E-state index >= 15 is 0 Å². The van der Waals surface area contributed by atoms with Gasteiger partial charge in [-0.25, -0.2) is 8.42 Å². The Bertz CT molecular complexity index is 894. The number of carbonyl (C=O) groups is 1. The van der Waals surface area contributed by atoms with Gasteiger partial charge in [0.25, 0.3) is 5.91 Å². The van der Waals surface area contributed by atoms with Crippen LogP contribution in [0.15, 0.2) is 42.5 Å². The molecule has 0 unspecified atom stereocenters. The van der Waals surface area contributed by atoms with Crippen molar-refractivity contribution in [2.24, 2.45) is 0 Å². The van der Waals surface area contributed by atoms with Gasteiger partial charge in [-0.05, 0) is 49.2 Å². The second-order valence-electron chi connectivity index (χ2n) is 5.99. The standard InChI is InChI=1S/C19H24N2O4S/c1-5-25-17-8-6-7-15(11-17)13-20-19(22)16-10-9-14(2)18(12-16)21(3)26(4,23)24/h6-12H,5,13H2,1-4H3,(H,20,22). The molecule has 1 amide bonds. The first-order valence-electron chi connectivity index (χ1n) is 8.27. The molecule has 0 bridgehead atoms. The first kappa shape index (κ1) is 19.8. The Labute approximate surface area is 154 Å². The number of carbonyl (C=O) groups excluding carboxylic acids is 1. The van der Waals surface area contributed by atoms with Gasteiger partial charge in [-0.1, -0.05) is 18.2 Å². The summed E-state index contributed by atoms with van der Waals surface area (Å²) in [7, 11) is -1.93. The van der Waals surface area contributed by atoms with Gasteiger partial charge in [-0.3, -0.25) is 9.10 Å². The summed E-state index contributed by atoms with van der Waals surface area (Å²) in [5.74, 6) is 0.488. The molecule has 0 atom stereocenters. The van der Waals surface area contributed by atoms with Crippen LogP contribution in [0, 0.1) is 6.92 Å². The zero-order valence-corrected chi connectivity index (χ0v) is 16.3.